The Morgan fingerprint density at radius 3 is 2.60 bits per heavy atom. The monoisotopic (exact) mass is 299 g/mol. The van der Waals surface area contributed by atoms with Crippen LogP contribution < -0.4 is 0 Å². The molecule has 114 valence electrons. The number of benzene rings is 1. The molecule has 1 saturated carbocycles. The molecule has 1 aromatic rings. The van der Waals surface area contributed by atoms with Crippen molar-refractivity contribution in [1.82, 2.24) is 4.90 Å². The number of hydrogen-bond donors (Lipinski definition) is 2. The summed E-state index contributed by atoms with van der Waals surface area (Å²) in [5, 5.41) is 20.9. The number of hydrogen-bond acceptors (Lipinski definition) is 3. The second kappa shape index (κ2) is 6.79. The van der Waals surface area contributed by atoms with Crippen LogP contribution in [0.2, 0.25) is 0 Å². The average molecular weight is 300 g/mol. The van der Waals surface area contributed by atoms with Gasteiger partial charge in [-0.3, -0.25) is 0 Å². The Bertz CT molecular complexity index is 438. The van der Waals surface area contributed by atoms with Gasteiger partial charge in [-0.25, -0.2) is 0 Å². The Labute approximate surface area is 128 Å². The van der Waals surface area contributed by atoms with Gasteiger partial charge < -0.3 is 15.1 Å². The van der Waals surface area contributed by atoms with Crippen molar-refractivity contribution in [3.63, 3.8) is 0 Å². The lowest BCUT2D eigenvalue weighted by molar-refractivity contribution is -0.0766. The predicted octanol–water partition coefficient (Wildman–Crippen LogP) is 3.00. The van der Waals surface area contributed by atoms with Crippen molar-refractivity contribution in [2.75, 3.05) is 20.6 Å². The van der Waals surface area contributed by atoms with E-state index in [1.807, 2.05) is 26.2 Å². The van der Waals surface area contributed by atoms with Crippen molar-refractivity contribution in [2.45, 2.75) is 31.8 Å². The topological polar surface area (TPSA) is 43.7 Å². The molecule has 0 aliphatic heterocycles. The number of halogens is 1. The van der Waals surface area contributed by atoms with Crippen LogP contribution in [0, 0.1) is 11.8 Å². The molecule has 4 heteroatoms. The van der Waals surface area contributed by atoms with Gasteiger partial charge in [-0.05, 0) is 50.6 Å². The molecule has 0 heterocycles. The highest BCUT2D eigenvalue weighted by Gasteiger charge is 2.42. The lowest BCUT2D eigenvalue weighted by atomic mass is 9.68. The Balaban J connectivity index is 0.00000200. The Kier molecular flexibility index (Phi) is 5.87. The van der Waals surface area contributed by atoms with Gasteiger partial charge in [0.25, 0.3) is 0 Å². The van der Waals surface area contributed by atoms with Crippen molar-refractivity contribution in [1.29, 1.82) is 0 Å². The van der Waals surface area contributed by atoms with E-state index < -0.39 is 5.60 Å². The van der Waals surface area contributed by atoms with Crippen molar-refractivity contribution >= 4 is 12.4 Å². The Hall–Kier alpha value is -0.770. The van der Waals surface area contributed by atoms with Crippen molar-refractivity contribution in [3.05, 3.63) is 29.8 Å². The second-order valence-electron chi connectivity index (χ2n) is 6.32. The van der Waals surface area contributed by atoms with Crippen LogP contribution in [-0.4, -0.2) is 35.8 Å². The van der Waals surface area contributed by atoms with Gasteiger partial charge in [0, 0.05) is 12.5 Å². The molecule has 3 nitrogen and oxygen atoms in total. The number of phenolic OH excluding ortho intramolecular Hbond substituents is 1. The molecule has 0 unspecified atom stereocenters. The van der Waals surface area contributed by atoms with E-state index in [0.29, 0.717) is 5.92 Å². The molecule has 0 amide bonds. The molecule has 0 aromatic heterocycles. The van der Waals surface area contributed by atoms with Gasteiger partial charge in [0.05, 0.1) is 5.60 Å². The predicted molar refractivity (Wildman–Crippen MR) is 84.3 cm³/mol. The SMILES string of the molecule is C[C@H]1CC[C@H](CN(C)C)[C@@](O)(c2cccc(O)c2)C1.Cl. The highest BCUT2D eigenvalue weighted by atomic mass is 35.5. The van der Waals surface area contributed by atoms with Gasteiger partial charge in [0.2, 0.25) is 0 Å². The smallest absolute Gasteiger partial charge is 0.115 e. The zero-order valence-corrected chi connectivity index (χ0v) is 13.4. The van der Waals surface area contributed by atoms with Crippen LogP contribution in [0.25, 0.3) is 0 Å². The fraction of sp³-hybridized carbons (Fsp3) is 0.625. The molecule has 2 N–H and O–H groups in total. The molecular formula is C16H26ClNO2. The largest absolute Gasteiger partial charge is 0.508 e. The minimum Gasteiger partial charge on any atom is -0.508 e. The quantitative estimate of drug-likeness (QED) is 0.902. The number of rotatable bonds is 3. The van der Waals surface area contributed by atoms with Gasteiger partial charge >= 0.3 is 0 Å². The Morgan fingerprint density at radius 1 is 1.30 bits per heavy atom. The van der Waals surface area contributed by atoms with Crippen LogP contribution in [0.15, 0.2) is 24.3 Å². The zero-order valence-electron chi connectivity index (χ0n) is 12.5. The summed E-state index contributed by atoms with van der Waals surface area (Å²) < 4.78 is 0. The van der Waals surface area contributed by atoms with Crippen LogP contribution in [0.3, 0.4) is 0 Å². The van der Waals surface area contributed by atoms with E-state index >= 15 is 0 Å². The summed E-state index contributed by atoms with van der Waals surface area (Å²) in [6.07, 6.45) is 2.97. The standard InChI is InChI=1S/C16H25NO2.ClH/c1-12-7-8-14(11-17(2)3)16(19,10-12)13-5-4-6-15(18)9-13;/h4-6,9,12,14,18-19H,7-8,10-11H2,1-3H3;1H/t12-,14+,16-;/m0./s1. The summed E-state index contributed by atoms with van der Waals surface area (Å²) in [6, 6.07) is 7.11. The molecular weight excluding hydrogens is 274 g/mol. The summed E-state index contributed by atoms with van der Waals surface area (Å²) >= 11 is 0. The van der Waals surface area contributed by atoms with E-state index in [-0.39, 0.29) is 24.1 Å². The molecule has 0 radical (unpaired) electrons. The molecule has 1 fully saturated rings. The van der Waals surface area contributed by atoms with E-state index in [9.17, 15) is 10.2 Å². The van der Waals surface area contributed by atoms with Gasteiger partial charge in [-0.15, -0.1) is 12.4 Å². The van der Waals surface area contributed by atoms with Crippen LogP contribution in [0.5, 0.6) is 5.75 Å². The first-order valence-corrected chi connectivity index (χ1v) is 7.08. The van der Waals surface area contributed by atoms with Crippen LogP contribution in [-0.2, 0) is 5.60 Å². The zero-order chi connectivity index (χ0) is 14.0. The Morgan fingerprint density at radius 2 is 2.00 bits per heavy atom. The summed E-state index contributed by atoms with van der Waals surface area (Å²) in [5.41, 5.74) is 0.0339. The van der Waals surface area contributed by atoms with Crippen LogP contribution in [0.4, 0.5) is 0 Å². The maximum Gasteiger partial charge on any atom is 0.115 e. The summed E-state index contributed by atoms with van der Waals surface area (Å²) in [6.45, 7) is 3.07. The maximum atomic E-state index is 11.2. The minimum atomic E-state index is -0.819. The van der Waals surface area contributed by atoms with Gasteiger partial charge in [-0.2, -0.15) is 0 Å². The molecule has 2 rings (SSSR count). The fourth-order valence-electron chi connectivity index (χ4n) is 3.34. The first kappa shape index (κ1) is 17.3. The summed E-state index contributed by atoms with van der Waals surface area (Å²) in [4.78, 5) is 2.13. The van der Waals surface area contributed by atoms with E-state index in [1.54, 1.807) is 12.1 Å². The highest BCUT2D eigenvalue weighted by molar-refractivity contribution is 5.85. The number of aliphatic hydroxyl groups is 1. The van der Waals surface area contributed by atoms with Crippen LogP contribution >= 0.6 is 12.4 Å². The molecule has 3 atom stereocenters. The normalized spacial score (nSPS) is 30.1. The third-order valence-corrected chi connectivity index (χ3v) is 4.27. The highest BCUT2D eigenvalue weighted by Crippen LogP contribution is 2.44. The van der Waals surface area contributed by atoms with Crippen molar-refractivity contribution in [3.8, 4) is 5.75 Å². The van der Waals surface area contributed by atoms with E-state index in [1.165, 1.54) is 6.42 Å². The summed E-state index contributed by atoms with van der Waals surface area (Å²) in [5.74, 6) is 0.971. The average Bonchev–Trinajstić information content (AvgIpc) is 2.32. The molecule has 0 spiro atoms. The first-order chi connectivity index (χ1) is 8.91. The maximum absolute atomic E-state index is 11.2. The van der Waals surface area contributed by atoms with E-state index in [4.69, 9.17) is 0 Å². The lowest BCUT2D eigenvalue weighted by Crippen LogP contribution is -2.44. The molecule has 1 aromatic carbocycles. The molecule has 0 saturated heterocycles. The minimum absolute atomic E-state index is 0. The number of nitrogens with zero attached hydrogens (tertiary/aromatic N) is 1. The fourth-order valence-corrected chi connectivity index (χ4v) is 3.34. The van der Waals surface area contributed by atoms with Gasteiger partial charge in [0.15, 0.2) is 0 Å². The van der Waals surface area contributed by atoms with E-state index in [0.717, 1.165) is 24.9 Å². The number of phenols is 1. The third-order valence-electron chi connectivity index (χ3n) is 4.27. The third kappa shape index (κ3) is 3.66. The molecule has 1 aliphatic rings. The van der Waals surface area contributed by atoms with Crippen molar-refractivity contribution in [2.24, 2.45) is 11.8 Å². The van der Waals surface area contributed by atoms with Crippen molar-refractivity contribution < 1.29 is 10.2 Å². The second-order valence-corrected chi connectivity index (χ2v) is 6.32. The summed E-state index contributed by atoms with van der Waals surface area (Å²) in [7, 11) is 4.09. The molecule has 20 heavy (non-hydrogen) atoms. The lowest BCUT2D eigenvalue weighted by Gasteiger charge is -2.44. The van der Waals surface area contributed by atoms with Gasteiger partial charge in [-0.1, -0.05) is 25.5 Å². The molecule has 0 bridgehead atoms. The number of aromatic hydroxyl groups is 1. The van der Waals surface area contributed by atoms with Crippen LogP contribution in [0.1, 0.15) is 31.7 Å². The van der Waals surface area contributed by atoms with E-state index in [2.05, 4.69) is 11.8 Å². The molecule has 1 aliphatic carbocycles. The first-order valence-electron chi connectivity index (χ1n) is 7.08. The van der Waals surface area contributed by atoms with Gasteiger partial charge in [0.1, 0.15) is 5.75 Å².